The Bertz CT molecular complexity index is 478. The van der Waals surface area contributed by atoms with E-state index in [1.54, 1.807) is 4.68 Å². The summed E-state index contributed by atoms with van der Waals surface area (Å²) in [5.41, 5.74) is 7.21. The summed E-state index contributed by atoms with van der Waals surface area (Å²) in [6, 6.07) is 7.53. The third-order valence-electron chi connectivity index (χ3n) is 2.27. The van der Waals surface area contributed by atoms with Gasteiger partial charge < -0.3 is 5.73 Å². The average molecular weight is 217 g/mol. The minimum atomic E-state index is -0.139. The molecule has 0 aliphatic heterocycles. The fourth-order valence-electron chi connectivity index (χ4n) is 1.45. The van der Waals surface area contributed by atoms with E-state index in [0.29, 0.717) is 0 Å². The van der Waals surface area contributed by atoms with E-state index in [2.05, 4.69) is 36.3 Å². The van der Waals surface area contributed by atoms with Crippen LogP contribution in [-0.4, -0.2) is 20.2 Å². The maximum atomic E-state index is 5.65. The van der Waals surface area contributed by atoms with Crippen molar-refractivity contribution in [2.45, 2.75) is 26.3 Å². The molecule has 0 atom stereocenters. The van der Waals surface area contributed by atoms with Gasteiger partial charge in [-0.25, -0.2) is 4.68 Å². The summed E-state index contributed by atoms with van der Waals surface area (Å²) in [5, 5.41) is 11.8. The summed E-state index contributed by atoms with van der Waals surface area (Å²) in [6.45, 7) is 6.18. The smallest absolute Gasteiger partial charge is 0.182 e. The highest BCUT2D eigenvalue weighted by Gasteiger charge is 2.20. The van der Waals surface area contributed by atoms with Crippen molar-refractivity contribution < 1.29 is 0 Å². The number of anilines is 1. The highest BCUT2D eigenvalue weighted by atomic mass is 15.6. The summed E-state index contributed by atoms with van der Waals surface area (Å²) in [5.74, 6) is 0.757. The molecule has 2 rings (SSSR count). The first-order chi connectivity index (χ1) is 7.48. The first-order valence-electron chi connectivity index (χ1n) is 5.13. The summed E-state index contributed by atoms with van der Waals surface area (Å²) in [6.07, 6.45) is 0. The van der Waals surface area contributed by atoms with Crippen LogP contribution >= 0.6 is 0 Å². The van der Waals surface area contributed by atoms with E-state index in [9.17, 15) is 0 Å². The highest BCUT2D eigenvalue weighted by Crippen LogP contribution is 2.22. The minimum absolute atomic E-state index is 0.139. The predicted molar refractivity (Wildman–Crippen MR) is 62.7 cm³/mol. The van der Waals surface area contributed by atoms with E-state index in [1.165, 1.54) is 0 Å². The largest absolute Gasteiger partial charge is 0.399 e. The van der Waals surface area contributed by atoms with Crippen LogP contribution in [0.5, 0.6) is 0 Å². The second-order valence-electron chi connectivity index (χ2n) is 4.71. The number of tetrazole rings is 1. The van der Waals surface area contributed by atoms with Gasteiger partial charge in [-0.15, -0.1) is 5.10 Å². The van der Waals surface area contributed by atoms with Gasteiger partial charge >= 0.3 is 0 Å². The Morgan fingerprint density at radius 3 is 2.31 bits per heavy atom. The van der Waals surface area contributed by atoms with E-state index in [-0.39, 0.29) is 5.54 Å². The zero-order chi connectivity index (χ0) is 11.8. The maximum Gasteiger partial charge on any atom is 0.182 e. The standard InChI is InChI=1S/C11H15N5/c1-11(2,3)16-10(13-14-15-16)8-4-6-9(12)7-5-8/h4-7H,12H2,1-3H3. The molecule has 0 aliphatic rings. The lowest BCUT2D eigenvalue weighted by Gasteiger charge is -2.19. The molecule has 5 nitrogen and oxygen atoms in total. The third kappa shape index (κ3) is 1.88. The zero-order valence-electron chi connectivity index (χ0n) is 9.68. The Hall–Kier alpha value is -1.91. The number of hydrogen-bond donors (Lipinski definition) is 1. The zero-order valence-corrected chi connectivity index (χ0v) is 9.68. The molecule has 1 aromatic carbocycles. The molecule has 5 heteroatoms. The second-order valence-corrected chi connectivity index (χ2v) is 4.71. The average Bonchev–Trinajstić information content (AvgIpc) is 2.66. The van der Waals surface area contributed by atoms with E-state index in [4.69, 9.17) is 5.73 Å². The molecule has 0 saturated heterocycles. The summed E-state index contributed by atoms with van der Waals surface area (Å²) < 4.78 is 1.80. The Labute approximate surface area is 94.3 Å². The normalized spacial score (nSPS) is 11.7. The van der Waals surface area contributed by atoms with Gasteiger partial charge in [-0.05, 0) is 55.5 Å². The number of hydrogen-bond acceptors (Lipinski definition) is 4. The van der Waals surface area contributed by atoms with Crippen LogP contribution in [-0.2, 0) is 5.54 Å². The minimum Gasteiger partial charge on any atom is -0.399 e. The Morgan fingerprint density at radius 1 is 1.12 bits per heavy atom. The van der Waals surface area contributed by atoms with Crippen molar-refractivity contribution in [1.82, 2.24) is 20.2 Å². The van der Waals surface area contributed by atoms with Crippen LogP contribution in [0.3, 0.4) is 0 Å². The number of nitrogens with two attached hydrogens (primary N) is 1. The topological polar surface area (TPSA) is 69.6 Å². The van der Waals surface area contributed by atoms with Crippen molar-refractivity contribution in [3.63, 3.8) is 0 Å². The Morgan fingerprint density at radius 2 is 1.75 bits per heavy atom. The lowest BCUT2D eigenvalue weighted by molar-refractivity contribution is 0.351. The van der Waals surface area contributed by atoms with Gasteiger partial charge in [0, 0.05) is 11.3 Å². The third-order valence-corrected chi connectivity index (χ3v) is 2.27. The Balaban J connectivity index is 2.49. The highest BCUT2D eigenvalue weighted by molar-refractivity contribution is 5.58. The fraction of sp³-hybridized carbons (Fsp3) is 0.364. The van der Waals surface area contributed by atoms with E-state index in [1.807, 2.05) is 24.3 Å². The SMILES string of the molecule is CC(C)(C)n1nnnc1-c1ccc(N)cc1. The lowest BCUT2D eigenvalue weighted by Crippen LogP contribution is -2.24. The van der Waals surface area contributed by atoms with Crippen LogP contribution in [0.4, 0.5) is 5.69 Å². The van der Waals surface area contributed by atoms with Crippen LogP contribution in [0.25, 0.3) is 11.4 Å². The van der Waals surface area contributed by atoms with E-state index >= 15 is 0 Å². The predicted octanol–water partition coefficient (Wildman–Crippen LogP) is 1.68. The van der Waals surface area contributed by atoms with Gasteiger partial charge in [0.2, 0.25) is 0 Å². The molecule has 1 heterocycles. The number of rotatable bonds is 1. The monoisotopic (exact) mass is 217 g/mol. The van der Waals surface area contributed by atoms with Gasteiger partial charge in [-0.2, -0.15) is 0 Å². The van der Waals surface area contributed by atoms with Crippen molar-refractivity contribution in [2.75, 3.05) is 5.73 Å². The van der Waals surface area contributed by atoms with Crippen molar-refractivity contribution >= 4 is 5.69 Å². The molecular weight excluding hydrogens is 202 g/mol. The summed E-state index contributed by atoms with van der Waals surface area (Å²) in [4.78, 5) is 0. The van der Waals surface area contributed by atoms with Crippen LogP contribution in [0.15, 0.2) is 24.3 Å². The van der Waals surface area contributed by atoms with E-state index in [0.717, 1.165) is 17.1 Å². The molecule has 0 fully saturated rings. The molecule has 0 aliphatic carbocycles. The van der Waals surface area contributed by atoms with Crippen LogP contribution in [0.2, 0.25) is 0 Å². The van der Waals surface area contributed by atoms with E-state index < -0.39 is 0 Å². The van der Waals surface area contributed by atoms with Gasteiger partial charge in [0.1, 0.15) is 0 Å². The van der Waals surface area contributed by atoms with Gasteiger partial charge in [0.05, 0.1) is 5.54 Å². The molecule has 0 radical (unpaired) electrons. The first kappa shape index (κ1) is 10.6. The Kier molecular flexibility index (Phi) is 2.38. The number of aromatic nitrogens is 4. The molecule has 0 unspecified atom stereocenters. The van der Waals surface area contributed by atoms with Gasteiger partial charge in [-0.3, -0.25) is 0 Å². The van der Waals surface area contributed by atoms with Crippen LogP contribution in [0.1, 0.15) is 20.8 Å². The van der Waals surface area contributed by atoms with Crippen molar-refractivity contribution in [2.24, 2.45) is 0 Å². The molecule has 84 valence electrons. The van der Waals surface area contributed by atoms with Crippen LogP contribution in [0, 0.1) is 0 Å². The first-order valence-corrected chi connectivity index (χ1v) is 5.13. The van der Waals surface area contributed by atoms with Crippen LogP contribution < -0.4 is 5.73 Å². The summed E-state index contributed by atoms with van der Waals surface area (Å²) in [7, 11) is 0. The number of benzene rings is 1. The lowest BCUT2D eigenvalue weighted by atomic mass is 10.1. The molecule has 1 aromatic heterocycles. The van der Waals surface area contributed by atoms with Gasteiger partial charge in [0.25, 0.3) is 0 Å². The molecule has 2 N–H and O–H groups in total. The molecule has 16 heavy (non-hydrogen) atoms. The van der Waals surface area contributed by atoms with Gasteiger partial charge in [-0.1, -0.05) is 0 Å². The fourth-order valence-corrected chi connectivity index (χ4v) is 1.45. The summed E-state index contributed by atoms with van der Waals surface area (Å²) >= 11 is 0. The van der Waals surface area contributed by atoms with Crippen molar-refractivity contribution in [1.29, 1.82) is 0 Å². The quantitative estimate of drug-likeness (QED) is 0.738. The molecule has 0 amide bonds. The number of nitrogens with zero attached hydrogens (tertiary/aromatic N) is 4. The van der Waals surface area contributed by atoms with Crippen molar-refractivity contribution in [3.8, 4) is 11.4 Å². The maximum absolute atomic E-state index is 5.65. The van der Waals surface area contributed by atoms with Crippen molar-refractivity contribution in [3.05, 3.63) is 24.3 Å². The molecule has 0 spiro atoms. The number of nitrogen functional groups attached to an aromatic ring is 1. The molecule has 2 aromatic rings. The molecule has 0 saturated carbocycles. The molecule has 0 bridgehead atoms. The van der Waals surface area contributed by atoms with Gasteiger partial charge in [0.15, 0.2) is 5.82 Å². The molecular formula is C11H15N5. The second kappa shape index (κ2) is 3.59.